The van der Waals surface area contributed by atoms with Crippen LogP contribution in [0.5, 0.6) is 0 Å². The second kappa shape index (κ2) is 7.28. The van der Waals surface area contributed by atoms with Gasteiger partial charge in [-0.25, -0.2) is 4.98 Å². The molecule has 1 aliphatic heterocycles. The predicted octanol–water partition coefficient (Wildman–Crippen LogP) is 3.72. The van der Waals surface area contributed by atoms with Gasteiger partial charge in [-0.05, 0) is 43.8 Å². The van der Waals surface area contributed by atoms with Gasteiger partial charge in [-0.3, -0.25) is 0 Å². The van der Waals surface area contributed by atoms with Crippen LogP contribution in [0.1, 0.15) is 54.7 Å². The Morgan fingerprint density at radius 3 is 2.72 bits per heavy atom. The molecule has 1 aromatic heterocycles. The van der Waals surface area contributed by atoms with Gasteiger partial charge in [-0.1, -0.05) is 36.8 Å². The summed E-state index contributed by atoms with van der Waals surface area (Å²) in [6.07, 6.45) is 4.97. The molecular weight excluding hydrogens is 312 g/mol. The van der Waals surface area contributed by atoms with Gasteiger partial charge >= 0.3 is 0 Å². The highest BCUT2D eigenvalue weighted by atomic mass is 16.4. The molecule has 2 atom stereocenters. The Morgan fingerprint density at radius 2 is 1.96 bits per heavy atom. The summed E-state index contributed by atoms with van der Waals surface area (Å²) >= 11 is 0. The number of likely N-dealkylation sites (tertiary alicyclic amines) is 1. The fourth-order valence-electron chi connectivity index (χ4n) is 3.74. The van der Waals surface area contributed by atoms with E-state index in [1.54, 1.807) is 0 Å². The van der Waals surface area contributed by atoms with Crippen LogP contribution in [-0.4, -0.2) is 36.1 Å². The molecule has 2 aromatic rings. The Hall–Kier alpha value is -2.32. The van der Waals surface area contributed by atoms with Crippen molar-refractivity contribution in [1.29, 1.82) is 5.26 Å². The molecule has 0 unspecified atom stereocenters. The van der Waals surface area contributed by atoms with Gasteiger partial charge in [0.15, 0.2) is 0 Å². The molecule has 2 aliphatic rings. The first kappa shape index (κ1) is 16.2. The quantitative estimate of drug-likeness (QED) is 0.871. The molecule has 25 heavy (non-hydrogen) atoms. The van der Waals surface area contributed by atoms with E-state index in [-0.39, 0.29) is 0 Å². The first-order valence-electron chi connectivity index (χ1n) is 9.27. The van der Waals surface area contributed by atoms with Crippen LogP contribution in [0.2, 0.25) is 0 Å². The second-order valence-electron chi connectivity index (χ2n) is 7.03. The van der Waals surface area contributed by atoms with E-state index in [2.05, 4.69) is 45.5 Å². The number of nitrogens with zero attached hydrogens (tertiary/aromatic N) is 3. The number of anilines is 1. The van der Waals surface area contributed by atoms with Crippen LogP contribution in [0.25, 0.3) is 0 Å². The molecule has 1 saturated heterocycles. The van der Waals surface area contributed by atoms with Gasteiger partial charge in [0.05, 0.1) is 0 Å². The second-order valence-corrected chi connectivity index (χ2v) is 7.03. The van der Waals surface area contributed by atoms with E-state index in [9.17, 15) is 5.26 Å². The number of nitriles is 1. The fourth-order valence-corrected chi connectivity index (χ4v) is 3.74. The predicted molar refractivity (Wildman–Crippen MR) is 96.5 cm³/mol. The molecule has 0 radical (unpaired) electrons. The van der Waals surface area contributed by atoms with Crippen molar-refractivity contribution >= 4 is 5.88 Å². The van der Waals surface area contributed by atoms with Crippen LogP contribution >= 0.6 is 0 Å². The lowest BCUT2D eigenvalue weighted by atomic mass is 10.1. The Balaban J connectivity index is 1.36. The maximum Gasteiger partial charge on any atom is 0.232 e. The lowest BCUT2D eigenvalue weighted by Gasteiger charge is -2.26. The summed E-state index contributed by atoms with van der Waals surface area (Å²) in [7, 11) is 0. The number of piperidine rings is 1. The minimum Gasteiger partial charge on any atom is -0.424 e. The standard InChI is InChI=1S/C20H24N4O/c21-14-18-20(22-9-12-24-10-5-2-6-11-24)25-19(23-18)17-13-16(17)15-7-3-1-4-8-15/h1,3-4,7-8,16-17,22H,2,5-6,9-13H2/t16-,17-/m0/s1. The molecule has 5 nitrogen and oxygen atoms in total. The van der Waals surface area contributed by atoms with Crippen LogP contribution < -0.4 is 5.32 Å². The Bertz CT molecular complexity index is 743. The summed E-state index contributed by atoms with van der Waals surface area (Å²) in [5, 5.41) is 12.6. The van der Waals surface area contributed by atoms with Gasteiger partial charge in [0, 0.05) is 19.0 Å². The molecule has 130 valence electrons. The van der Waals surface area contributed by atoms with E-state index in [0.29, 0.717) is 29.3 Å². The van der Waals surface area contributed by atoms with Gasteiger partial charge in [0.2, 0.25) is 17.5 Å². The van der Waals surface area contributed by atoms with E-state index in [1.165, 1.54) is 37.9 Å². The summed E-state index contributed by atoms with van der Waals surface area (Å²) in [5.41, 5.74) is 1.70. The van der Waals surface area contributed by atoms with Crippen LogP contribution in [0.15, 0.2) is 34.7 Å². The maximum atomic E-state index is 9.34. The van der Waals surface area contributed by atoms with Crippen molar-refractivity contribution in [2.75, 3.05) is 31.5 Å². The molecule has 1 saturated carbocycles. The molecule has 5 heteroatoms. The number of oxazole rings is 1. The number of rotatable bonds is 6. The van der Waals surface area contributed by atoms with E-state index < -0.39 is 0 Å². The van der Waals surface area contributed by atoms with Crippen LogP contribution in [0.4, 0.5) is 5.88 Å². The molecular formula is C20H24N4O. The first-order chi connectivity index (χ1) is 12.3. The third kappa shape index (κ3) is 3.69. The normalized spacial score (nSPS) is 23.2. The molecule has 1 aliphatic carbocycles. The highest BCUT2D eigenvalue weighted by molar-refractivity contribution is 5.46. The van der Waals surface area contributed by atoms with Gasteiger partial charge < -0.3 is 14.6 Å². The summed E-state index contributed by atoms with van der Waals surface area (Å²) < 4.78 is 5.91. The van der Waals surface area contributed by atoms with Crippen molar-refractivity contribution in [2.45, 2.75) is 37.5 Å². The van der Waals surface area contributed by atoms with Crippen LogP contribution in [0, 0.1) is 11.3 Å². The monoisotopic (exact) mass is 336 g/mol. The Morgan fingerprint density at radius 1 is 1.16 bits per heavy atom. The lowest BCUT2D eigenvalue weighted by Crippen LogP contribution is -2.33. The molecule has 1 N–H and O–H groups in total. The lowest BCUT2D eigenvalue weighted by molar-refractivity contribution is 0.236. The van der Waals surface area contributed by atoms with E-state index in [1.807, 2.05) is 6.07 Å². The highest BCUT2D eigenvalue weighted by Gasteiger charge is 2.43. The molecule has 0 spiro atoms. The van der Waals surface area contributed by atoms with Gasteiger partial charge in [0.25, 0.3) is 0 Å². The van der Waals surface area contributed by atoms with Crippen molar-refractivity contribution in [1.82, 2.24) is 9.88 Å². The third-order valence-electron chi connectivity index (χ3n) is 5.25. The zero-order valence-corrected chi connectivity index (χ0v) is 14.4. The SMILES string of the molecule is N#Cc1nc([C@H]2C[C@H]2c2ccccc2)oc1NCCN1CCCCC1. The topological polar surface area (TPSA) is 65.1 Å². The van der Waals surface area contributed by atoms with Crippen LogP contribution in [-0.2, 0) is 0 Å². The van der Waals surface area contributed by atoms with E-state index >= 15 is 0 Å². The smallest absolute Gasteiger partial charge is 0.232 e. The fraction of sp³-hybridized carbons (Fsp3) is 0.500. The zero-order chi connectivity index (χ0) is 17.1. The van der Waals surface area contributed by atoms with Crippen molar-refractivity contribution < 1.29 is 4.42 Å². The number of hydrogen-bond donors (Lipinski definition) is 1. The van der Waals surface area contributed by atoms with Crippen molar-refractivity contribution in [3.8, 4) is 6.07 Å². The summed E-state index contributed by atoms with van der Waals surface area (Å²) in [6.45, 7) is 4.12. The largest absolute Gasteiger partial charge is 0.424 e. The average Bonchev–Trinajstić information content (AvgIpc) is 3.37. The minimum absolute atomic E-state index is 0.298. The van der Waals surface area contributed by atoms with Crippen LogP contribution in [0.3, 0.4) is 0 Å². The molecule has 0 amide bonds. The summed E-state index contributed by atoms with van der Waals surface area (Å²) in [4.78, 5) is 6.89. The minimum atomic E-state index is 0.298. The van der Waals surface area contributed by atoms with Gasteiger partial charge in [-0.2, -0.15) is 5.26 Å². The number of hydrogen-bond acceptors (Lipinski definition) is 5. The highest BCUT2D eigenvalue weighted by Crippen LogP contribution is 2.54. The van der Waals surface area contributed by atoms with Gasteiger partial charge in [0.1, 0.15) is 6.07 Å². The molecule has 0 bridgehead atoms. The third-order valence-corrected chi connectivity index (χ3v) is 5.25. The van der Waals surface area contributed by atoms with E-state index in [4.69, 9.17) is 4.42 Å². The van der Waals surface area contributed by atoms with Gasteiger partial charge in [-0.15, -0.1) is 0 Å². The zero-order valence-electron chi connectivity index (χ0n) is 14.4. The maximum absolute atomic E-state index is 9.34. The summed E-state index contributed by atoms with van der Waals surface area (Å²) in [6, 6.07) is 12.6. The van der Waals surface area contributed by atoms with Crippen molar-refractivity contribution in [2.24, 2.45) is 0 Å². The van der Waals surface area contributed by atoms with Crippen molar-refractivity contribution in [3.63, 3.8) is 0 Å². The molecule has 2 fully saturated rings. The van der Waals surface area contributed by atoms with E-state index in [0.717, 1.165) is 19.5 Å². The first-order valence-corrected chi connectivity index (χ1v) is 9.27. The molecule has 4 rings (SSSR count). The average molecular weight is 336 g/mol. The number of aromatic nitrogens is 1. The van der Waals surface area contributed by atoms with Crippen molar-refractivity contribution in [3.05, 3.63) is 47.5 Å². The summed E-state index contributed by atoms with van der Waals surface area (Å²) in [5.74, 6) is 2.00. The Kier molecular flexibility index (Phi) is 4.71. The Labute approximate surface area is 148 Å². The molecule has 2 heterocycles. The number of nitrogens with one attached hydrogen (secondary N) is 1. The molecule has 1 aromatic carbocycles. The number of benzene rings is 1.